The molecule has 0 saturated heterocycles. The fourth-order valence-corrected chi connectivity index (χ4v) is 13.4. The smallest absolute Gasteiger partial charge is 0.220 e. The summed E-state index contributed by atoms with van der Waals surface area (Å²) in [4.78, 5) is 9.72. The van der Waals surface area contributed by atoms with Gasteiger partial charge in [0, 0.05) is 11.4 Å². The van der Waals surface area contributed by atoms with E-state index in [4.69, 9.17) is 13.1 Å². The van der Waals surface area contributed by atoms with Gasteiger partial charge in [-0.1, -0.05) is 199 Å². The molecule has 3 aliphatic rings. The standard InChI is InChI=1S/C73H50N6/c1-70(2,3)46-26-28-48(29-27-46)72(47-20-10-9-11-21-47)63-35-32-50(39-57(63)56-36-44-18-12-13-19-45(44)37-64(56)72)79(69-60(43-76)58(41-74)59(42-75)67(77-7)68(69)78-8)51-31-34-55-53-23-15-17-25-62(53)73(66(55)40-51)61-24-16-14-22-52(61)54-33-30-49(38-65(54)73)71(4,5)6/h9-40H,1-6H3. The molecule has 79 heavy (non-hydrogen) atoms. The molecule has 3 aliphatic carbocycles. The Morgan fingerprint density at radius 2 is 0.848 bits per heavy atom. The normalized spacial score (nSPS) is 16.0. The number of nitriles is 3. The van der Waals surface area contributed by atoms with Gasteiger partial charge in [-0.3, -0.25) is 0 Å². The molecule has 0 aromatic heterocycles. The maximum Gasteiger partial charge on any atom is 0.220 e. The molecule has 0 aliphatic heterocycles. The van der Waals surface area contributed by atoms with Crippen molar-refractivity contribution in [3.8, 4) is 51.6 Å². The van der Waals surface area contributed by atoms with Gasteiger partial charge in [-0.15, -0.1) is 0 Å². The second-order valence-electron chi connectivity index (χ2n) is 23.1. The van der Waals surface area contributed by atoms with Crippen molar-refractivity contribution >= 4 is 39.2 Å². The molecular weight excluding hydrogens is 961 g/mol. The van der Waals surface area contributed by atoms with Crippen LogP contribution in [-0.4, -0.2) is 0 Å². The van der Waals surface area contributed by atoms with Gasteiger partial charge in [0.05, 0.1) is 52.4 Å². The van der Waals surface area contributed by atoms with Crippen LogP contribution in [0.15, 0.2) is 194 Å². The summed E-state index contributed by atoms with van der Waals surface area (Å²) in [5.41, 5.74) is 16.1. The highest BCUT2D eigenvalue weighted by Crippen LogP contribution is 2.65. The van der Waals surface area contributed by atoms with Gasteiger partial charge in [-0.05, 0) is 147 Å². The Hall–Kier alpha value is -10.3. The van der Waals surface area contributed by atoms with Crippen LogP contribution in [0.4, 0.5) is 28.4 Å². The Morgan fingerprint density at radius 1 is 0.380 bits per heavy atom. The highest BCUT2D eigenvalue weighted by atomic mass is 15.2. The quantitative estimate of drug-likeness (QED) is 0.161. The summed E-state index contributed by atoms with van der Waals surface area (Å²) in [5, 5.41) is 35.1. The van der Waals surface area contributed by atoms with Crippen molar-refractivity contribution in [3.63, 3.8) is 0 Å². The summed E-state index contributed by atoms with van der Waals surface area (Å²) in [6, 6.07) is 76.2. The summed E-state index contributed by atoms with van der Waals surface area (Å²) in [7, 11) is 0. The lowest BCUT2D eigenvalue weighted by Gasteiger charge is -2.35. The van der Waals surface area contributed by atoms with Crippen LogP contribution in [0, 0.1) is 47.1 Å². The first-order valence-corrected chi connectivity index (χ1v) is 26.6. The summed E-state index contributed by atoms with van der Waals surface area (Å²) >= 11 is 0. The fourth-order valence-electron chi connectivity index (χ4n) is 13.4. The Bertz CT molecular complexity index is 4450. The first-order chi connectivity index (χ1) is 38.2. The molecule has 10 aromatic carbocycles. The summed E-state index contributed by atoms with van der Waals surface area (Å²) in [6.45, 7) is 30.7. The van der Waals surface area contributed by atoms with E-state index in [0.29, 0.717) is 11.4 Å². The largest absolute Gasteiger partial charge is 0.320 e. The summed E-state index contributed by atoms with van der Waals surface area (Å²) < 4.78 is 0. The number of anilines is 3. The first kappa shape index (κ1) is 48.4. The minimum Gasteiger partial charge on any atom is -0.320 e. The highest BCUT2D eigenvalue weighted by molar-refractivity contribution is 6.03. The zero-order chi connectivity index (χ0) is 54.8. The van der Waals surface area contributed by atoms with Gasteiger partial charge in [0.2, 0.25) is 11.4 Å². The average molecular weight is 1010 g/mol. The van der Waals surface area contributed by atoms with Crippen LogP contribution < -0.4 is 4.90 Å². The SMILES string of the molecule is [C-]#[N+]c1c(C#N)c(C#N)c(C#N)c(N(c2ccc3c(c2)-c2cc4ccccc4cc2C3(c2ccccc2)c2ccc(C(C)(C)C)cc2)c2ccc3c(c2)C2(c4ccccc4-3)c3ccccc3-c3ccc(C(C)(C)C)cc32)c1[N+]#[C-]. The van der Waals surface area contributed by atoms with Crippen molar-refractivity contribution in [2.24, 2.45) is 0 Å². The lowest BCUT2D eigenvalue weighted by Crippen LogP contribution is -2.29. The van der Waals surface area contributed by atoms with E-state index in [9.17, 15) is 15.8 Å². The zero-order valence-corrected chi connectivity index (χ0v) is 44.7. The third-order valence-electron chi connectivity index (χ3n) is 17.0. The topological polar surface area (TPSA) is 83.3 Å². The fraction of sp³-hybridized carbons (Fsp3) is 0.137. The van der Waals surface area contributed by atoms with Crippen molar-refractivity contribution in [3.05, 3.63) is 289 Å². The van der Waals surface area contributed by atoms with Gasteiger partial charge in [-0.2, -0.15) is 15.8 Å². The van der Waals surface area contributed by atoms with Crippen LogP contribution in [0.5, 0.6) is 0 Å². The maximum atomic E-state index is 11.4. The minimum atomic E-state index is -0.782. The summed E-state index contributed by atoms with van der Waals surface area (Å²) in [6.07, 6.45) is 0. The number of hydrogen-bond acceptors (Lipinski definition) is 4. The Morgan fingerprint density at radius 3 is 1.46 bits per heavy atom. The van der Waals surface area contributed by atoms with Crippen LogP contribution in [0.2, 0.25) is 0 Å². The van der Waals surface area contributed by atoms with Crippen LogP contribution in [0.1, 0.15) is 114 Å². The Labute approximate surface area is 461 Å². The lowest BCUT2D eigenvalue weighted by molar-refractivity contribution is 0.588. The monoisotopic (exact) mass is 1010 g/mol. The van der Waals surface area contributed by atoms with Crippen LogP contribution in [0.3, 0.4) is 0 Å². The Balaban J connectivity index is 1.15. The van der Waals surface area contributed by atoms with Crippen LogP contribution in [0.25, 0.3) is 53.8 Å². The van der Waals surface area contributed by atoms with E-state index in [-0.39, 0.29) is 44.6 Å². The molecule has 10 aromatic rings. The van der Waals surface area contributed by atoms with Gasteiger partial charge >= 0.3 is 0 Å². The van der Waals surface area contributed by atoms with Gasteiger partial charge in [-0.25, -0.2) is 9.69 Å². The third-order valence-corrected chi connectivity index (χ3v) is 17.0. The van der Waals surface area contributed by atoms with Crippen molar-refractivity contribution in [1.82, 2.24) is 0 Å². The lowest BCUT2D eigenvalue weighted by atomic mass is 9.67. The molecule has 0 fully saturated rings. The molecule has 0 heterocycles. The number of nitrogens with zero attached hydrogens (tertiary/aromatic N) is 6. The molecule has 372 valence electrons. The van der Waals surface area contributed by atoms with E-state index in [2.05, 4.69) is 251 Å². The van der Waals surface area contributed by atoms with Crippen LogP contribution >= 0.6 is 0 Å². The van der Waals surface area contributed by atoms with E-state index < -0.39 is 10.8 Å². The molecule has 13 rings (SSSR count). The second kappa shape index (κ2) is 17.4. The molecule has 0 radical (unpaired) electrons. The molecule has 2 atom stereocenters. The molecule has 0 saturated carbocycles. The second-order valence-corrected chi connectivity index (χ2v) is 23.1. The van der Waals surface area contributed by atoms with Crippen molar-refractivity contribution in [2.75, 3.05) is 4.90 Å². The van der Waals surface area contributed by atoms with E-state index in [1.807, 2.05) is 17.0 Å². The predicted molar refractivity (Wildman–Crippen MR) is 316 cm³/mol. The first-order valence-electron chi connectivity index (χ1n) is 26.6. The minimum absolute atomic E-state index is 0.0644. The molecule has 2 unspecified atom stereocenters. The number of hydrogen-bond donors (Lipinski definition) is 0. The number of fused-ring (bicyclic) bond motifs is 14. The number of benzene rings is 10. The van der Waals surface area contributed by atoms with Gasteiger partial charge < -0.3 is 4.90 Å². The zero-order valence-electron chi connectivity index (χ0n) is 44.7. The molecule has 0 bridgehead atoms. The average Bonchev–Trinajstić information content (AvgIpc) is 4.12. The predicted octanol–water partition coefficient (Wildman–Crippen LogP) is 18.3. The molecule has 1 spiro atoms. The maximum absolute atomic E-state index is 11.4. The van der Waals surface area contributed by atoms with Crippen molar-refractivity contribution in [1.29, 1.82) is 15.8 Å². The van der Waals surface area contributed by atoms with Gasteiger partial charge in [0.15, 0.2) is 0 Å². The van der Waals surface area contributed by atoms with Crippen LogP contribution in [-0.2, 0) is 21.7 Å². The van der Waals surface area contributed by atoms with E-state index in [0.717, 1.165) is 83.1 Å². The van der Waals surface area contributed by atoms with E-state index in [1.165, 1.54) is 16.7 Å². The molecule has 0 amide bonds. The molecule has 0 N–H and O–H groups in total. The molecule has 6 nitrogen and oxygen atoms in total. The Kier molecular flexibility index (Phi) is 10.6. The van der Waals surface area contributed by atoms with Crippen molar-refractivity contribution < 1.29 is 0 Å². The van der Waals surface area contributed by atoms with Gasteiger partial charge in [0.1, 0.15) is 12.1 Å². The van der Waals surface area contributed by atoms with Crippen molar-refractivity contribution in [2.45, 2.75) is 63.2 Å². The van der Waals surface area contributed by atoms with E-state index in [1.54, 1.807) is 0 Å². The number of rotatable bonds is 5. The molecule has 6 heteroatoms. The van der Waals surface area contributed by atoms with Gasteiger partial charge in [0.25, 0.3) is 0 Å². The summed E-state index contributed by atoms with van der Waals surface area (Å²) in [5.74, 6) is 0. The third kappa shape index (κ3) is 6.65. The molecular formula is C73H50N6. The van der Waals surface area contributed by atoms with E-state index >= 15 is 0 Å². The highest BCUT2D eigenvalue weighted by Gasteiger charge is 2.53.